The van der Waals surface area contributed by atoms with Crippen LogP contribution in [0, 0.1) is 5.41 Å². The van der Waals surface area contributed by atoms with Crippen LogP contribution in [-0.2, 0) is 9.59 Å². The lowest BCUT2D eigenvalue weighted by atomic mass is 9.70. The molecule has 0 saturated heterocycles. The Labute approximate surface area is 89.8 Å². The largest absolute Gasteiger partial charge is 0.354 e. The second-order valence-corrected chi connectivity index (χ2v) is 4.42. The Bertz CT molecular complexity index is 249. The van der Waals surface area contributed by atoms with Gasteiger partial charge in [-0.05, 0) is 18.3 Å². The van der Waals surface area contributed by atoms with Gasteiger partial charge < -0.3 is 16.4 Å². The highest BCUT2D eigenvalue weighted by atomic mass is 16.2. The predicted molar refractivity (Wildman–Crippen MR) is 57.0 cm³/mol. The molecule has 0 heterocycles. The van der Waals surface area contributed by atoms with E-state index in [0.29, 0.717) is 6.54 Å². The first-order chi connectivity index (χ1) is 7.06. The van der Waals surface area contributed by atoms with Gasteiger partial charge in [0.1, 0.15) is 0 Å². The quantitative estimate of drug-likeness (QED) is 0.568. The number of nitrogens with one attached hydrogen (secondary N) is 2. The molecule has 86 valence electrons. The van der Waals surface area contributed by atoms with Crippen LogP contribution in [-0.4, -0.2) is 31.4 Å². The maximum Gasteiger partial charge on any atom is 0.239 e. The van der Waals surface area contributed by atoms with E-state index in [1.807, 2.05) is 0 Å². The molecule has 0 unspecified atom stereocenters. The van der Waals surface area contributed by atoms with E-state index in [1.54, 1.807) is 0 Å². The molecular weight excluding hydrogens is 194 g/mol. The van der Waals surface area contributed by atoms with Crippen molar-refractivity contribution in [2.75, 3.05) is 19.6 Å². The van der Waals surface area contributed by atoms with Crippen LogP contribution >= 0.6 is 0 Å². The monoisotopic (exact) mass is 213 g/mol. The SMILES string of the molecule is CC1(CNC(=O)CNC(=O)CN)CCC1. The van der Waals surface area contributed by atoms with Crippen molar-refractivity contribution in [3.05, 3.63) is 0 Å². The first kappa shape index (κ1) is 12.0. The van der Waals surface area contributed by atoms with Crippen LogP contribution in [0.15, 0.2) is 0 Å². The third-order valence-electron chi connectivity index (χ3n) is 2.90. The van der Waals surface area contributed by atoms with Gasteiger partial charge in [0.05, 0.1) is 13.1 Å². The summed E-state index contributed by atoms with van der Waals surface area (Å²) >= 11 is 0. The van der Waals surface area contributed by atoms with Gasteiger partial charge in [-0.1, -0.05) is 13.3 Å². The molecule has 2 amide bonds. The second-order valence-electron chi connectivity index (χ2n) is 4.42. The summed E-state index contributed by atoms with van der Waals surface area (Å²) in [7, 11) is 0. The standard InChI is InChI=1S/C10H19N3O2/c1-10(3-2-4-10)7-13-9(15)6-12-8(14)5-11/h2-7,11H2,1H3,(H,12,14)(H,13,15). The minimum atomic E-state index is -0.306. The van der Waals surface area contributed by atoms with Gasteiger partial charge in [0.25, 0.3) is 0 Å². The molecule has 0 aromatic heterocycles. The van der Waals surface area contributed by atoms with Crippen LogP contribution in [0.1, 0.15) is 26.2 Å². The van der Waals surface area contributed by atoms with Crippen molar-refractivity contribution in [1.29, 1.82) is 0 Å². The van der Waals surface area contributed by atoms with Crippen LogP contribution in [0.2, 0.25) is 0 Å². The molecule has 5 nitrogen and oxygen atoms in total. The van der Waals surface area contributed by atoms with Gasteiger partial charge >= 0.3 is 0 Å². The molecule has 0 aliphatic heterocycles. The second kappa shape index (κ2) is 5.11. The van der Waals surface area contributed by atoms with Crippen LogP contribution < -0.4 is 16.4 Å². The molecule has 4 N–H and O–H groups in total. The lowest BCUT2D eigenvalue weighted by molar-refractivity contribution is -0.125. The molecule has 1 fully saturated rings. The average molecular weight is 213 g/mol. The van der Waals surface area contributed by atoms with Crippen molar-refractivity contribution in [3.63, 3.8) is 0 Å². The van der Waals surface area contributed by atoms with Crippen molar-refractivity contribution in [1.82, 2.24) is 10.6 Å². The van der Waals surface area contributed by atoms with Gasteiger partial charge in [0, 0.05) is 6.54 Å². The summed E-state index contributed by atoms with van der Waals surface area (Å²) in [6, 6.07) is 0. The summed E-state index contributed by atoms with van der Waals surface area (Å²) in [5.41, 5.74) is 5.36. The number of hydrogen-bond donors (Lipinski definition) is 3. The lowest BCUT2D eigenvalue weighted by Gasteiger charge is -2.38. The van der Waals surface area contributed by atoms with E-state index >= 15 is 0 Å². The van der Waals surface area contributed by atoms with E-state index in [2.05, 4.69) is 17.6 Å². The molecule has 1 saturated carbocycles. The summed E-state index contributed by atoms with van der Waals surface area (Å²) in [6.07, 6.45) is 3.58. The predicted octanol–water partition coefficient (Wildman–Crippen LogP) is -0.632. The van der Waals surface area contributed by atoms with Crippen LogP contribution in [0.4, 0.5) is 0 Å². The van der Waals surface area contributed by atoms with Gasteiger partial charge in [-0.15, -0.1) is 0 Å². The minimum Gasteiger partial charge on any atom is -0.354 e. The molecule has 0 spiro atoms. The maximum atomic E-state index is 11.3. The highest BCUT2D eigenvalue weighted by Crippen LogP contribution is 2.39. The van der Waals surface area contributed by atoms with Gasteiger partial charge in [0.2, 0.25) is 11.8 Å². The number of nitrogens with two attached hydrogens (primary N) is 1. The molecule has 0 bridgehead atoms. The van der Waals surface area contributed by atoms with Gasteiger partial charge in [-0.3, -0.25) is 9.59 Å². The smallest absolute Gasteiger partial charge is 0.239 e. The zero-order chi connectivity index (χ0) is 11.3. The van der Waals surface area contributed by atoms with Crippen molar-refractivity contribution in [3.8, 4) is 0 Å². The number of hydrogen-bond acceptors (Lipinski definition) is 3. The fourth-order valence-electron chi connectivity index (χ4n) is 1.58. The first-order valence-electron chi connectivity index (χ1n) is 5.29. The molecule has 5 heteroatoms. The summed E-state index contributed by atoms with van der Waals surface area (Å²) in [5.74, 6) is -0.454. The minimum absolute atomic E-state index is 0.0200. The van der Waals surface area contributed by atoms with Crippen LogP contribution in [0.25, 0.3) is 0 Å². The van der Waals surface area contributed by atoms with Crippen LogP contribution in [0.3, 0.4) is 0 Å². The van der Waals surface area contributed by atoms with Crippen molar-refractivity contribution in [2.24, 2.45) is 11.1 Å². The Kier molecular flexibility index (Phi) is 4.08. The average Bonchev–Trinajstić information content (AvgIpc) is 2.20. The highest BCUT2D eigenvalue weighted by Gasteiger charge is 2.31. The molecular formula is C10H19N3O2. The zero-order valence-corrected chi connectivity index (χ0v) is 9.14. The number of carbonyl (C=O) groups is 2. The fraction of sp³-hybridized carbons (Fsp3) is 0.800. The highest BCUT2D eigenvalue weighted by molar-refractivity contribution is 5.85. The third-order valence-corrected chi connectivity index (χ3v) is 2.90. The van der Waals surface area contributed by atoms with E-state index in [1.165, 1.54) is 19.3 Å². The van der Waals surface area contributed by atoms with E-state index in [0.717, 1.165) is 0 Å². The summed E-state index contributed by atoms with van der Waals surface area (Å²) in [6.45, 7) is 2.80. The Morgan fingerprint density at radius 1 is 1.27 bits per heavy atom. The van der Waals surface area contributed by atoms with Gasteiger partial charge in [-0.2, -0.15) is 0 Å². The summed E-state index contributed by atoms with van der Waals surface area (Å²) in [5, 5.41) is 5.24. The third kappa shape index (κ3) is 3.87. The van der Waals surface area contributed by atoms with Gasteiger partial charge in [0.15, 0.2) is 0 Å². The Morgan fingerprint density at radius 2 is 1.93 bits per heavy atom. The van der Waals surface area contributed by atoms with E-state index in [9.17, 15) is 9.59 Å². The number of carbonyl (C=O) groups excluding carboxylic acids is 2. The number of rotatable bonds is 5. The Morgan fingerprint density at radius 3 is 2.40 bits per heavy atom. The zero-order valence-electron chi connectivity index (χ0n) is 9.14. The van der Waals surface area contributed by atoms with Crippen molar-refractivity contribution in [2.45, 2.75) is 26.2 Å². The fourth-order valence-corrected chi connectivity index (χ4v) is 1.58. The van der Waals surface area contributed by atoms with E-state index in [4.69, 9.17) is 5.73 Å². The topological polar surface area (TPSA) is 84.2 Å². The Balaban J connectivity index is 2.10. The molecule has 0 atom stereocenters. The van der Waals surface area contributed by atoms with Gasteiger partial charge in [-0.25, -0.2) is 0 Å². The maximum absolute atomic E-state index is 11.3. The molecule has 0 aromatic carbocycles. The number of amides is 2. The first-order valence-corrected chi connectivity index (χ1v) is 5.29. The van der Waals surface area contributed by atoms with E-state index in [-0.39, 0.29) is 30.3 Å². The lowest BCUT2D eigenvalue weighted by Crippen LogP contribution is -2.44. The van der Waals surface area contributed by atoms with Crippen LogP contribution in [0.5, 0.6) is 0 Å². The Hall–Kier alpha value is -1.10. The molecule has 1 rings (SSSR count). The molecule has 1 aliphatic carbocycles. The van der Waals surface area contributed by atoms with Crippen molar-refractivity contribution < 1.29 is 9.59 Å². The summed E-state index contributed by atoms with van der Waals surface area (Å²) < 4.78 is 0. The van der Waals surface area contributed by atoms with Crippen molar-refractivity contribution >= 4 is 11.8 Å². The molecule has 1 aliphatic rings. The summed E-state index contributed by atoms with van der Waals surface area (Å²) in [4.78, 5) is 22.1. The molecule has 0 radical (unpaired) electrons. The molecule has 0 aromatic rings. The van der Waals surface area contributed by atoms with E-state index < -0.39 is 0 Å². The molecule has 15 heavy (non-hydrogen) atoms. The normalized spacial score (nSPS) is 17.7.